The monoisotopic (exact) mass is 377 g/mol. The molecule has 1 fully saturated rings. The van der Waals surface area contributed by atoms with Crippen LogP contribution in [0, 0.1) is 0 Å². The van der Waals surface area contributed by atoms with Gasteiger partial charge in [-0.3, -0.25) is 19.2 Å². The number of nitrogens with one attached hydrogen (secondary N) is 2. The molecular weight excluding hydrogens is 354 g/mol. The van der Waals surface area contributed by atoms with Crippen molar-refractivity contribution in [1.82, 2.24) is 10.6 Å². The summed E-state index contributed by atoms with van der Waals surface area (Å²) >= 11 is 1.17. The summed E-state index contributed by atoms with van der Waals surface area (Å²) in [6.07, 6.45) is -1.80. The second kappa shape index (κ2) is 10.3. The number of ketones is 1. The van der Waals surface area contributed by atoms with Gasteiger partial charge in [0, 0.05) is 30.3 Å². The molecule has 0 aromatic carbocycles. The van der Waals surface area contributed by atoms with E-state index in [9.17, 15) is 24.3 Å². The molecule has 0 saturated heterocycles. The predicted octanol–water partition coefficient (Wildman–Crippen LogP) is -2.45. The molecule has 0 bridgehead atoms. The first-order valence-corrected chi connectivity index (χ1v) is 8.77. The zero-order valence-corrected chi connectivity index (χ0v) is 14.3. The molecule has 7 N–H and O–H groups in total. The van der Waals surface area contributed by atoms with Gasteiger partial charge in [0.1, 0.15) is 24.6 Å². The van der Waals surface area contributed by atoms with E-state index >= 15 is 0 Å². The Morgan fingerprint density at radius 1 is 1.32 bits per heavy atom. The standard InChI is InChI=1S/C14H23N3O7S/c15-11(20)1-2-12(21)17-8(14(24)16-5-13(22)23)6-25-10-4-7(18)3-9(10)19/h8-11,19-20H,1-6,15H2,(H,16,24)(H,17,21)(H,22,23). The van der Waals surface area contributed by atoms with Gasteiger partial charge >= 0.3 is 5.97 Å². The molecule has 4 unspecified atom stereocenters. The van der Waals surface area contributed by atoms with Crippen LogP contribution in [-0.4, -0.2) is 74.8 Å². The lowest BCUT2D eigenvalue weighted by molar-refractivity contribution is -0.138. The molecule has 1 aliphatic rings. The Kier molecular flexibility index (Phi) is 8.83. The highest BCUT2D eigenvalue weighted by atomic mass is 32.2. The fraction of sp³-hybridized carbons (Fsp3) is 0.714. The number of carbonyl (C=O) groups is 4. The maximum atomic E-state index is 12.1. The Morgan fingerprint density at radius 2 is 2.00 bits per heavy atom. The van der Waals surface area contributed by atoms with Crippen molar-refractivity contribution >= 4 is 35.3 Å². The minimum absolute atomic E-state index is 0.0122. The number of hydrogen-bond donors (Lipinski definition) is 6. The summed E-state index contributed by atoms with van der Waals surface area (Å²) in [6.45, 7) is -0.595. The number of hydrogen-bond acceptors (Lipinski definition) is 8. The molecule has 2 amide bonds. The van der Waals surface area contributed by atoms with E-state index in [2.05, 4.69) is 10.6 Å². The molecule has 11 heteroatoms. The Labute approximate surface area is 148 Å². The summed E-state index contributed by atoms with van der Waals surface area (Å²) in [5, 5.41) is 31.6. The Hall–Kier alpha value is -1.69. The summed E-state index contributed by atoms with van der Waals surface area (Å²) in [5.41, 5.74) is 5.15. The molecule has 0 radical (unpaired) electrons. The van der Waals surface area contributed by atoms with Gasteiger partial charge in [0.05, 0.1) is 6.10 Å². The van der Waals surface area contributed by atoms with E-state index in [1.807, 2.05) is 0 Å². The molecule has 1 saturated carbocycles. The maximum absolute atomic E-state index is 12.1. The van der Waals surface area contributed by atoms with Crippen LogP contribution < -0.4 is 16.4 Å². The summed E-state index contributed by atoms with van der Waals surface area (Å²) in [6, 6.07) is -1.03. The van der Waals surface area contributed by atoms with Gasteiger partial charge in [0.2, 0.25) is 11.8 Å². The van der Waals surface area contributed by atoms with Gasteiger partial charge in [-0.15, -0.1) is 0 Å². The SMILES string of the molecule is NC(O)CCC(=O)NC(CSC1CC(=O)CC1O)C(=O)NCC(=O)O. The predicted molar refractivity (Wildman–Crippen MR) is 88.5 cm³/mol. The first kappa shape index (κ1) is 21.4. The lowest BCUT2D eigenvalue weighted by atomic mass is 10.2. The second-order valence-electron chi connectivity index (χ2n) is 5.72. The van der Waals surface area contributed by atoms with Crippen molar-refractivity contribution in [3.05, 3.63) is 0 Å². The van der Waals surface area contributed by atoms with E-state index in [0.717, 1.165) is 0 Å². The molecule has 0 spiro atoms. The topological polar surface area (TPSA) is 179 Å². The van der Waals surface area contributed by atoms with Crippen LogP contribution in [0.5, 0.6) is 0 Å². The molecule has 0 aromatic heterocycles. The number of aliphatic hydroxyl groups excluding tert-OH is 2. The van der Waals surface area contributed by atoms with Crippen molar-refractivity contribution < 1.29 is 34.5 Å². The number of carboxylic acids is 1. The first-order valence-electron chi connectivity index (χ1n) is 7.73. The number of thioether (sulfide) groups is 1. The average Bonchev–Trinajstić information content (AvgIpc) is 2.84. The van der Waals surface area contributed by atoms with Crippen molar-refractivity contribution in [2.75, 3.05) is 12.3 Å². The molecular formula is C14H23N3O7S. The van der Waals surface area contributed by atoms with Gasteiger partial charge in [0.25, 0.3) is 0 Å². The Bertz CT molecular complexity index is 515. The maximum Gasteiger partial charge on any atom is 0.322 e. The van der Waals surface area contributed by atoms with Crippen molar-refractivity contribution in [3.8, 4) is 0 Å². The highest BCUT2D eigenvalue weighted by molar-refractivity contribution is 8.00. The molecule has 10 nitrogen and oxygen atoms in total. The fourth-order valence-electron chi connectivity index (χ4n) is 2.21. The van der Waals surface area contributed by atoms with Gasteiger partial charge < -0.3 is 31.7 Å². The third-order valence-electron chi connectivity index (χ3n) is 3.50. The largest absolute Gasteiger partial charge is 0.480 e. The molecule has 25 heavy (non-hydrogen) atoms. The summed E-state index contributed by atoms with van der Waals surface area (Å²) in [5.74, 6) is -2.44. The molecule has 0 heterocycles. The summed E-state index contributed by atoms with van der Waals surface area (Å²) in [4.78, 5) is 45.8. The zero-order chi connectivity index (χ0) is 19.0. The number of aliphatic carboxylic acids is 1. The number of aliphatic hydroxyl groups is 2. The summed E-state index contributed by atoms with van der Waals surface area (Å²) in [7, 11) is 0. The highest BCUT2D eigenvalue weighted by Crippen LogP contribution is 2.28. The van der Waals surface area contributed by atoms with Gasteiger partial charge in [-0.1, -0.05) is 0 Å². The minimum atomic E-state index is -1.23. The minimum Gasteiger partial charge on any atom is -0.480 e. The smallest absolute Gasteiger partial charge is 0.322 e. The third kappa shape index (κ3) is 8.29. The Morgan fingerprint density at radius 3 is 2.52 bits per heavy atom. The third-order valence-corrected chi connectivity index (χ3v) is 4.94. The average molecular weight is 377 g/mol. The molecule has 0 aromatic rings. The highest BCUT2D eigenvalue weighted by Gasteiger charge is 2.33. The van der Waals surface area contributed by atoms with Crippen LogP contribution in [0.1, 0.15) is 25.7 Å². The molecule has 1 rings (SSSR count). The zero-order valence-electron chi connectivity index (χ0n) is 13.5. The van der Waals surface area contributed by atoms with Crippen LogP contribution in [-0.2, 0) is 19.2 Å². The van der Waals surface area contributed by atoms with Gasteiger partial charge in [-0.25, -0.2) is 0 Å². The van der Waals surface area contributed by atoms with Crippen LogP contribution in [0.4, 0.5) is 0 Å². The van der Waals surface area contributed by atoms with Gasteiger partial charge in [-0.05, 0) is 6.42 Å². The van der Waals surface area contributed by atoms with Crippen molar-refractivity contribution in [1.29, 1.82) is 0 Å². The lowest BCUT2D eigenvalue weighted by Gasteiger charge is -2.20. The number of Topliss-reactive ketones (excluding diaryl/α,β-unsaturated/α-hetero) is 1. The number of carboxylic acid groups (broad SMARTS) is 1. The van der Waals surface area contributed by atoms with Crippen molar-refractivity contribution in [2.24, 2.45) is 5.73 Å². The molecule has 4 atom stereocenters. The van der Waals surface area contributed by atoms with E-state index in [-0.39, 0.29) is 42.5 Å². The van der Waals surface area contributed by atoms with Crippen molar-refractivity contribution in [2.45, 2.75) is 49.3 Å². The lowest BCUT2D eigenvalue weighted by Crippen LogP contribution is -2.49. The van der Waals surface area contributed by atoms with E-state index in [1.54, 1.807) is 0 Å². The fourth-order valence-corrected chi connectivity index (χ4v) is 3.51. The number of nitrogens with two attached hydrogens (primary N) is 1. The number of rotatable bonds is 10. The molecule has 1 aliphatic carbocycles. The van der Waals surface area contributed by atoms with E-state index < -0.39 is 42.7 Å². The second-order valence-corrected chi connectivity index (χ2v) is 7.00. The van der Waals surface area contributed by atoms with E-state index in [4.69, 9.17) is 15.9 Å². The van der Waals surface area contributed by atoms with E-state index in [1.165, 1.54) is 11.8 Å². The quantitative estimate of drug-likeness (QED) is 0.225. The number of amides is 2. The summed E-state index contributed by atoms with van der Waals surface area (Å²) < 4.78 is 0. The van der Waals surface area contributed by atoms with Crippen LogP contribution in [0.2, 0.25) is 0 Å². The van der Waals surface area contributed by atoms with Crippen LogP contribution in [0.15, 0.2) is 0 Å². The van der Waals surface area contributed by atoms with Crippen molar-refractivity contribution in [3.63, 3.8) is 0 Å². The van der Waals surface area contributed by atoms with Gasteiger partial charge in [0.15, 0.2) is 0 Å². The number of carbonyl (C=O) groups excluding carboxylic acids is 3. The van der Waals surface area contributed by atoms with Crippen LogP contribution in [0.3, 0.4) is 0 Å². The normalized spacial score (nSPS) is 22.3. The van der Waals surface area contributed by atoms with E-state index in [0.29, 0.717) is 0 Å². The first-order chi connectivity index (χ1) is 11.7. The van der Waals surface area contributed by atoms with Crippen LogP contribution >= 0.6 is 11.8 Å². The van der Waals surface area contributed by atoms with Gasteiger partial charge in [-0.2, -0.15) is 11.8 Å². The molecule has 0 aliphatic heterocycles. The molecule has 142 valence electrons. The Balaban J connectivity index is 2.60. The van der Waals surface area contributed by atoms with Crippen LogP contribution in [0.25, 0.3) is 0 Å².